The van der Waals surface area contributed by atoms with Gasteiger partial charge in [-0.2, -0.15) is 5.10 Å². The molecule has 2 aromatic heterocycles. The van der Waals surface area contributed by atoms with E-state index in [0.717, 1.165) is 19.6 Å². The molecule has 3 N–H and O–H groups in total. The molecule has 58 heavy (non-hydrogen) atoms. The van der Waals surface area contributed by atoms with Crippen LogP contribution in [0.2, 0.25) is 5.02 Å². The molecular formula is C41H50ClFN9O6+. The second-order valence-corrected chi connectivity index (χ2v) is 16.1. The molecule has 0 radical (unpaired) electrons. The number of carboxylic acid groups (broad SMARTS) is 1. The van der Waals surface area contributed by atoms with Gasteiger partial charge < -0.3 is 39.3 Å². The zero-order chi connectivity index (χ0) is 41.1. The number of rotatable bonds is 13. The molecule has 0 spiro atoms. The third kappa shape index (κ3) is 8.79. The van der Waals surface area contributed by atoms with Crippen LogP contribution in [0.4, 0.5) is 10.1 Å². The van der Waals surface area contributed by atoms with Crippen LogP contribution < -0.4 is 10.6 Å². The van der Waals surface area contributed by atoms with Crippen LogP contribution in [0.25, 0.3) is 22.4 Å². The van der Waals surface area contributed by atoms with Gasteiger partial charge in [0.2, 0.25) is 5.91 Å². The summed E-state index contributed by atoms with van der Waals surface area (Å²) in [4.78, 5) is 59.9. The minimum Gasteiger partial charge on any atom is -0.477 e. The Morgan fingerprint density at radius 3 is 2.40 bits per heavy atom. The second kappa shape index (κ2) is 17.4. The number of carboxylic acids is 1. The van der Waals surface area contributed by atoms with E-state index in [-0.39, 0.29) is 40.7 Å². The largest absolute Gasteiger partial charge is 0.477 e. The zero-order valence-electron chi connectivity index (χ0n) is 33.0. The van der Waals surface area contributed by atoms with E-state index >= 15 is 4.39 Å². The molecule has 17 heteroatoms. The van der Waals surface area contributed by atoms with Crippen LogP contribution in [0.15, 0.2) is 48.8 Å². The molecule has 0 atom stereocenters. The van der Waals surface area contributed by atoms with E-state index in [0.29, 0.717) is 109 Å². The van der Waals surface area contributed by atoms with Crippen molar-refractivity contribution in [2.24, 2.45) is 18.9 Å². The normalized spacial score (nSPS) is 19.8. The van der Waals surface area contributed by atoms with E-state index in [9.17, 15) is 24.3 Å². The molecule has 4 aromatic rings. The van der Waals surface area contributed by atoms with Gasteiger partial charge in [-0.25, -0.2) is 14.2 Å². The van der Waals surface area contributed by atoms with Crippen LogP contribution >= 0.6 is 11.6 Å². The zero-order valence-corrected chi connectivity index (χ0v) is 33.8. The van der Waals surface area contributed by atoms with Gasteiger partial charge in [-0.15, -0.1) is 0 Å². The summed E-state index contributed by atoms with van der Waals surface area (Å²) in [6.07, 6.45) is 4.62. The number of anilines is 1. The average Bonchev–Trinajstić information content (AvgIpc) is 3.76. The van der Waals surface area contributed by atoms with Crippen molar-refractivity contribution >= 4 is 41.0 Å². The highest BCUT2D eigenvalue weighted by Gasteiger charge is 2.42. The first-order valence-corrected chi connectivity index (χ1v) is 20.0. The standard InChI is InChI=1S/C41H49ClFN9O6/c1-26-33(23-51(47-26)14-17-58-3)31-6-4-29(18-35(31)43)36-22-45-38(48(36)2)39(55)46-30-5-7-32(34(42)19-30)41(57)50-12-10-49(11-13-50)40(56)28-8-15-52(16-9-28,25-37(53)54)24-27-20-44-21-27/h4-7,18-19,22-23,27-28,44H,8-17,20-21,24-25H2,1-3H3,(H-,46,53,54,55,57)/p+1. The van der Waals surface area contributed by atoms with Gasteiger partial charge in [-0.1, -0.05) is 23.7 Å². The van der Waals surface area contributed by atoms with Gasteiger partial charge in [-0.05, 0) is 31.2 Å². The molecule has 0 bridgehead atoms. The number of aromatic nitrogens is 4. The van der Waals surface area contributed by atoms with Gasteiger partial charge in [0.15, 0.2) is 12.4 Å². The molecule has 0 saturated carbocycles. The summed E-state index contributed by atoms with van der Waals surface area (Å²) in [7, 11) is 3.28. The Hall–Kier alpha value is -5.16. The molecule has 3 aliphatic heterocycles. The van der Waals surface area contributed by atoms with Crippen molar-refractivity contribution in [2.75, 3.05) is 84.5 Å². The number of aryl methyl sites for hydroxylation is 1. The second-order valence-electron chi connectivity index (χ2n) is 15.7. The number of ether oxygens (including phenoxy) is 1. The Balaban J connectivity index is 0.925. The Kier molecular flexibility index (Phi) is 12.3. The average molecular weight is 819 g/mol. The van der Waals surface area contributed by atoms with Gasteiger partial charge in [-0.3, -0.25) is 19.1 Å². The quantitative estimate of drug-likeness (QED) is 0.171. The molecule has 5 heterocycles. The van der Waals surface area contributed by atoms with E-state index < -0.39 is 17.7 Å². The first-order valence-electron chi connectivity index (χ1n) is 19.7. The predicted molar refractivity (Wildman–Crippen MR) is 215 cm³/mol. The van der Waals surface area contributed by atoms with Crippen molar-refractivity contribution in [3.8, 4) is 22.4 Å². The van der Waals surface area contributed by atoms with Gasteiger partial charge in [0.25, 0.3) is 11.8 Å². The van der Waals surface area contributed by atoms with Crippen molar-refractivity contribution in [1.29, 1.82) is 0 Å². The summed E-state index contributed by atoms with van der Waals surface area (Å²) in [5.41, 5.74) is 3.52. The summed E-state index contributed by atoms with van der Waals surface area (Å²) in [5.74, 6) is -1.52. The Bertz CT molecular complexity index is 2190. The number of hydrogen-bond acceptors (Lipinski definition) is 8. The number of piperidine rings is 1. The Labute approximate surface area is 341 Å². The van der Waals surface area contributed by atoms with Crippen LogP contribution in [-0.4, -0.2) is 142 Å². The number of likely N-dealkylation sites (tertiary alicyclic amines) is 1. The number of piperazine rings is 1. The van der Waals surface area contributed by atoms with Gasteiger partial charge >= 0.3 is 5.97 Å². The lowest BCUT2D eigenvalue weighted by Gasteiger charge is -2.46. The van der Waals surface area contributed by atoms with Crippen LogP contribution in [0.1, 0.15) is 39.5 Å². The number of amides is 3. The van der Waals surface area contributed by atoms with E-state index in [1.54, 1.807) is 58.8 Å². The lowest BCUT2D eigenvalue weighted by atomic mass is 9.90. The number of hydrogen-bond donors (Lipinski definition) is 3. The molecule has 3 saturated heterocycles. The topological polar surface area (TPSA) is 164 Å². The molecule has 308 valence electrons. The predicted octanol–water partition coefficient (Wildman–Crippen LogP) is 3.77. The van der Waals surface area contributed by atoms with Gasteiger partial charge in [0.1, 0.15) is 5.82 Å². The highest BCUT2D eigenvalue weighted by Crippen LogP contribution is 2.31. The molecule has 0 unspecified atom stereocenters. The van der Waals surface area contributed by atoms with Crippen molar-refractivity contribution in [3.63, 3.8) is 0 Å². The highest BCUT2D eigenvalue weighted by molar-refractivity contribution is 6.34. The minimum absolute atomic E-state index is 0.0714. The maximum Gasteiger partial charge on any atom is 0.359 e. The van der Waals surface area contributed by atoms with Crippen molar-refractivity contribution in [3.05, 3.63) is 76.7 Å². The summed E-state index contributed by atoms with van der Waals surface area (Å²) in [5, 5.41) is 20.3. The molecule has 3 amide bonds. The molecule has 0 aliphatic carbocycles. The molecule has 7 rings (SSSR count). The lowest BCUT2D eigenvalue weighted by molar-refractivity contribution is -0.929. The number of imidazole rings is 1. The molecule has 15 nitrogen and oxygen atoms in total. The summed E-state index contributed by atoms with van der Waals surface area (Å²) < 4.78 is 24.4. The number of carbonyl (C=O) groups is 4. The van der Waals surface area contributed by atoms with Crippen molar-refractivity contribution in [1.82, 2.24) is 34.4 Å². The number of halogens is 2. The number of carbonyl (C=O) groups excluding carboxylic acids is 3. The van der Waals surface area contributed by atoms with E-state index in [2.05, 4.69) is 20.7 Å². The van der Waals surface area contributed by atoms with Crippen LogP contribution in [0.5, 0.6) is 0 Å². The number of methoxy groups -OCH3 is 1. The SMILES string of the molecule is COCCn1cc(-c2ccc(-c3cnc(C(=O)Nc4ccc(C(=O)N5CCN(C(=O)C6CC[N+](CC(=O)O)(CC7CNC7)CC6)CC5)c(Cl)c4)n3C)cc2F)c(C)n1. The maximum absolute atomic E-state index is 15.5. The fourth-order valence-electron chi connectivity index (χ4n) is 8.45. The minimum atomic E-state index is -0.801. The highest BCUT2D eigenvalue weighted by atomic mass is 35.5. The molecular weight excluding hydrogens is 769 g/mol. The maximum atomic E-state index is 15.5. The number of aliphatic carboxylic acids is 1. The monoisotopic (exact) mass is 818 g/mol. The van der Waals surface area contributed by atoms with Crippen LogP contribution in [0, 0.1) is 24.6 Å². The van der Waals surface area contributed by atoms with Crippen molar-refractivity contribution in [2.45, 2.75) is 26.3 Å². The first kappa shape index (κ1) is 41.0. The number of quaternary nitrogens is 1. The number of nitrogens with zero attached hydrogens (tertiary/aromatic N) is 7. The number of nitrogens with one attached hydrogen (secondary N) is 2. The van der Waals surface area contributed by atoms with Crippen molar-refractivity contribution < 1.29 is 37.9 Å². The molecule has 3 fully saturated rings. The van der Waals surface area contributed by atoms with E-state index in [4.69, 9.17) is 16.3 Å². The van der Waals surface area contributed by atoms with Crippen LogP contribution in [0.3, 0.4) is 0 Å². The van der Waals surface area contributed by atoms with E-state index in [1.165, 1.54) is 18.3 Å². The lowest BCUT2D eigenvalue weighted by Crippen LogP contribution is -2.62. The van der Waals surface area contributed by atoms with Gasteiger partial charge in [0.05, 0.1) is 61.0 Å². The molecule has 2 aromatic carbocycles. The Morgan fingerprint density at radius 2 is 1.76 bits per heavy atom. The third-order valence-corrected chi connectivity index (χ3v) is 12.1. The smallest absolute Gasteiger partial charge is 0.359 e. The fourth-order valence-corrected chi connectivity index (χ4v) is 8.72. The first-order chi connectivity index (χ1) is 27.8. The summed E-state index contributed by atoms with van der Waals surface area (Å²) in [6, 6.07) is 9.55. The van der Waals surface area contributed by atoms with Crippen LogP contribution in [-0.2, 0) is 27.9 Å². The van der Waals surface area contributed by atoms with E-state index in [1.807, 2.05) is 11.8 Å². The Morgan fingerprint density at radius 1 is 1.03 bits per heavy atom. The number of benzene rings is 2. The van der Waals surface area contributed by atoms with Gasteiger partial charge in [0, 0.05) is 107 Å². The summed E-state index contributed by atoms with van der Waals surface area (Å²) in [6.45, 7) is 8.47. The third-order valence-electron chi connectivity index (χ3n) is 11.8. The molecule has 3 aliphatic rings. The summed E-state index contributed by atoms with van der Waals surface area (Å²) >= 11 is 6.60. The fraction of sp³-hybridized carbons (Fsp3) is 0.463.